The van der Waals surface area contributed by atoms with Gasteiger partial charge in [-0.15, -0.1) is 0 Å². The third kappa shape index (κ3) is 4.04. The highest BCUT2D eigenvalue weighted by molar-refractivity contribution is 6.11. The molecule has 0 aliphatic carbocycles. The quantitative estimate of drug-likeness (QED) is 0.581. The zero-order chi connectivity index (χ0) is 23.1. The van der Waals surface area contributed by atoms with Gasteiger partial charge in [0.2, 0.25) is 5.91 Å². The summed E-state index contributed by atoms with van der Waals surface area (Å²) in [4.78, 5) is 42.6. The van der Waals surface area contributed by atoms with Gasteiger partial charge in [0, 0.05) is 48.2 Å². The number of halogens is 1. The monoisotopic (exact) mass is 452 g/mol. The van der Waals surface area contributed by atoms with Crippen molar-refractivity contribution in [1.29, 1.82) is 0 Å². The minimum absolute atomic E-state index is 0.0199. The van der Waals surface area contributed by atoms with E-state index in [-0.39, 0.29) is 41.9 Å². The van der Waals surface area contributed by atoms with Gasteiger partial charge in [0.15, 0.2) is 0 Å². The van der Waals surface area contributed by atoms with Crippen molar-refractivity contribution in [3.05, 3.63) is 64.0 Å². The molecule has 1 aromatic carbocycles. The number of carbonyl (C=O) groups is 2. The van der Waals surface area contributed by atoms with Crippen molar-refractivity contribution in [2.75, 3.05) is 31.6 Å². The number of rotatable bonds is 5. The topological polar surface area (TPSA) is 96.4 Å². The first-order valence-corrected chi connectivity index (χ1v) is 11.1. The van der Waals surface area contributed by atoms with Crippen LogP contribution < -0.4 is 10.9 Å². The van der Waals surface area contributed by atoms with Gasteiger partial charge in [-0.3, -0.25) is 14.5 Å². The summed E-state index contributed by atoms with van der Waals surface area (Å²) >= 11 is 0. The summed E-state index contributed by atoms with van der Waals surface area (Å²) in [5.41, 5.74) is 1.88. The van der Waals surface area contributed by atoms with Gasteiger partial charge in [-0.2, -0.15) is 0 Å². The van der Waals surface area contributed by atoms with E-state index in [0.29, 0.717) is 36.5 Å². The normalized spacial score (nSPS) is 19.8. The van der Waals surface area contributed by atoms with Gasteiger partial charge in [-0.1, -0.05) is 6.07 Å². The minimum atomic E-state index is -0.612. The highest BCUT2D eigenvalue weighted by atomic mass is 19.1. The number of likely N-dealkylation sites (tertiary alicyclic amines) is 1. The predicted molar refractivity (Wildman–Crippen MR) is 121 cm³/mol. The molecule has 1 amide bonds. The molecule has 5 rings (SSSR count). The van der Waals surface area contributed by atoms with Crippen LogP contribution in [-0.4, -0.2) is 52.6 Å². The van der Waals surface area contributed by atoms with Gasteiger partial charge in [0.25, 0.3) is 5.56 Å². The molecule has 1 fully saturated rings. The number of nitrogens with one attached hydrogen (secondary N) is 2. The maximum Gasteiger partial charge on any atom is 0.356 e. The first-order chi connectivity index (χ1) is 15.9. The number of piperidine rings is 1. The fourth-order valence-electron chi connectivity index (χ4n) is 5.16. The molecule has 0 unspecified atom stereocenters. The molecule has 2 N–H and O–H groups in total. The summed E-state index contributed by atoms with van der Waals surface area (Å²) < 4.78 is 20.8. The molecule has 3 aromatic rings. The van der Waals surface area contributed by atoms with E-state index >= 15 is 0 Å². The van der Waals surface area contributed by atoms with Gasteiger partial charge < -0.3 is 19.6 Å². The van der Waals surface area contributed by atoms with Gasteiger partial charge in [-0.25, -0.2) is 9.18 Å². The number of aromatic nitrogens is 2. The van der Waals surface area contributed by atoms with Crippen molar-refractivity contribution in [3.8, 4) is 0 Å². The molecule has 0 spiro atoms. The Hall–Kier alpha value is -3.46. The summed E-state index contributed by atoms with van der Waals surface area (Å²) in [5, 5.41) is 3.22. The zero-order valence-corrected chi connectivity index (χ0v) is 18.3. The number of esters is 1. The SMILES string of the molecule is CCOC(=O)c1[nH]c2ccc(F)cc2c1NC(=O)CN1C[C@H]2C[C@@H](C1)c1cccc(=O)n1C2. The molecule has 2 bridgehead atoms. The average Bonchev–Trinajstić information content (AvgIpc) is 3.12. The average molecular weight is 452 g/mol. The summed E-state index contributed by atoms with van der Waals surface area (Å²) in [6.07, 6.45) is 0.996. The lowest BCUT2D eigenvalue weighted by Gasteiger charge is -2.42. The van der Waals surface area contributed by atoms with Crippen LogP contribution >= 0.6 is 0 Å². The van der Waals surface area contributed by atoms with Crippen molar-refractivity contribution in [3.63, 3.8) is 0 Å². The number of aromatic amines is 1. The van der Waals surface area contributed by atoms with Crippen LogP contribution in [0.15, 0.2) is 41.2 Å². The van der Waals surface area contributed by atoms with Crippen LogP contribution in [0.3, 0.4) is 0 Å². The van der Waals surface area contributed by atoms with E-state index in [1.165, 1.54) is 18.2 Å². The van der Waals surface area contributed by atoms with E-state index in [2.05, 4.69) is 15.2 Å². The molecule has 2 aromatic heterocycles. The maximum absolute atomic E-state index is 13.9. The third-order valence-corrected chi connectivity index (χ3v) is 6.43. The molecule has 1 saturated heterocycles. The Balaban J connectivity index is 1.36. The van der Waals surface area contributed by atoms with Gasteiger partial charge >= 0.3 is 5.97 Å². The number of H-pyrrole nitrogens is 1. The maximum atomic E-state index is 13.9. The minimum Gasteiger partial charge on any atom is -0.461 e. The van der Waals surface area contributed by atoms with E-state index in [4.69, 9.17) is 4.74 Å². The molecule has 2 atom stereocenters. The third-order valence-electron chi connectivity index (χ3n) is 6.43. The Morgan fingerprint density at radius 1 is 1.21 bits per heavy atom. The van der Waals surface area contributed by atoms with E-state index in [9.17, 15) is 18.8 Å². The van der Waals surface area contributed by atoms with Gasteiger partial charge in [-0.05, 0) is 43.5 Å². The Labute approximate surface area is 189 Å². The lowest BCUT2D eigenvalue weighted by Crippen LogP contribution is -2.49. The number of hydrogen-bond acceptors (Lipinski definition) is 5. The van der Waals surface area contributed by atoms with Crippen LogP contribution in [0.25, 0.3) is 10.9 Å². The smallest absolute Gasteiger partial charge is 0.356 e. The summed E-state index contributed by atoms with van der Waals surface area (Å²) in [6.45, 7) is 4.03. The van der Waals surface area contributed by atoms with Crippen LogP contribution in [-0.2, 0) is 16.1 Å². The van der Waals surface area contributed by atoms with Gasteiger partial charge in [0.05, 0.1) is 18.8 Å². The largest absolute Gasteiger partial charge is 0.461 e. The zero-order valence-electron chi connectivity index (χ0n) is 18.3. The van der Waals surface area contributed by atoms with Crippen molar-refractivity contribution < 1.29 is 18.7 Å². The van der Waals surface area contributed by atoms with Crippen LogP contribution in [0.5, 0.6) is 0 Å². The molecule has 33 heavy (non-hydrogen) atoms. The molecular weight excluding hydrogens is 427 g/mol. The lowest BCUT2D eigenvalue weighted by atomic mass is 9.83. The second-order valence-electron chi connectivity index (χ2n) is 8.73. The molecule has 0 radical (unpaired) electrons. The van der Waals surface area contributed by atoms with E-state index in [0.717, 1.165) is 12.1 Å². The summed E-state index contributed by atoms with van der Waals surface area (Å²) in [5.74, 6) is -0.891. The van der Waals surface area contributed by atoms with Crippen molar-refractivity contribution in [2.45, 2.75) is 25.8 Å². The molecule has 2 aliphatic heterocycles. The molecule has 172 valence electrons. The second kappa shape index (κ2) is 8.47. The number of ether oxygens (including phenoxy) is 1. The summed E-state index contributed by atoms with van der Waals surface area (Å²) in [7, 11) is 0. The lowest BCUT2D eigenvalue weighted by molar-refractivity contribution is -0.117. The number of anilines is 1. The molecular formula is C24H25FN4O4. The van der Waals surface area contributed by atoms with Crippen LogP contribution in [0, 0.1) is 11.7 Å². The fraction of sp³-hybridized carbons (Fsp3) is 0.375. The van der Waals surface area contributed by atoms with Crippen LogP contribution in [0.2, 0.25) is 0 Å². The number of carbonyl (C=O) groups excluding carboxylic acids is 2. The van der Waals surface area contributed by atoms with Crippen molar-refractivity contribution in [2.24, 2.45) is 5.92 Å². The number of amides is 1. The van der Waals surface area contributed by atoms with Crippen LogP contribution in [0.4, 0.5) is 10.1 Å². The highest BCUT2D eigenvalue weighted by Gasteiger charge is 2.35. The summed E-state index contributed by atoms with van der Waals surface area (Å²) in [6, 6.07) is 9.44. The number of nitrogens with zero attached hydrogens (tertiary/aromatic N) is 2. The Kier molecular flexibility index (Phi) is 5.49. The second-order valence-corrected chi connectivity index (χ2v) is 8.73. The Morgan fingerprint density at radius 3 is 2.88 bits per heavy atom. The van der Waals surface area contributed by atoms with Crippen LogP contribution in [0.1, 0.15) is 35.4 Å². The predicted octanol–water partition coefficient (Wildman–Crippen LogP) is 2.70. The van der Waals surface area contributed by atoms with E-state index in [1.807, 2.05) is 10.6 Å². The van der Waals surface area contributed by atoms with Crippen molar-refractivity contribution in [1.82, 2.24) is 14.5 Å². The van der Waals surface area contributed by atoms with E-state index in [1.54, 1.807) is 19.1 Å². The number of fused-ring (bicyclic) bond motifs is 5. The Bertz CT molecular complexity index is 1300. The number of hydrogen-bond donors (Lipinski definition) is 2. The van der Waals surface area contributed by atoms with E-state index < -0.39 is 11.8 Å². The van der Waals surface area contributed by atoms with Crippen molar-refractivity contribution >= 4 is 28.5 Å². The Morgan fingerprint density at radius 2 is 2.06 bits per heavy atom. The first-order valence-electron chi connectivity index (χ1n) is 11.1. The molecule has 0 saturated carbocycles. The fourth-order valence-corrected chi connectivity index (χ4v) is 5.16. The number of pyridine rings is 1. The molecule has 8 nitrogen and oxygen atoms in total. The first kappa shape index (κ1) is 21.4. The number of benzene rings is 1. The van der Waals surface area contributed by atoms with Gasteiger partial charge in [0.1, 0.15) is 11.5 Å². The molecule has 2 aliphatic rings. The highest BCUT2D eigenvalue weighted by Crippen LogP contribution is 2.35. The standard InChI is InChI=1S/C24H25FN4O4/c1-2-33-24(32)23-22(17-9-16(25)6-7-18(17)26-23)27-20(30)13-28-10-14-8-15(12-28)19-4-3-5-21(31)29(19)11-14/h3-7,9,14-15,26H,2,8,10-13H2,1H3,(H,27,30)/t14-,15+/m1/s1. The molecule has 4 heterocycles. The molecule has 9 heteroatoms.